The SMILES string of the molecule is COc1cc(C=NN2C(=O)C3C4C=CC(C4)C3C2=O)cc(OC)c1OCc1ccc2c(c1)OCO2. The summed E-state index contributed by atoms with van der Waals surface area (Å²) < 4.78 is 27.9. The molecule has 2 aromatic rings. The van der Waals surface area contributed by atoms with Crippen molar-refractivity contribution in [2.45, 2.75) is 13.0 Å². The standard InChI is InChI=1S/C26H24N2O7/c1-31-20-8-15(11-27-28-25(29)22-16-4-5-17(10-16)23(22)26(28)30)9-21(32-2)24(20)33-12-14-3-6-18-19(7-14)35-13-34-18/h3-9,11,16-17,22-23H,10,12-13H2,1-2H3. The predicted molar refractivity (Wildman–Crippen MR) is 124 cm³/mol. The van der Waals surface area contributed by atoms with E-state index in [1.165, 1.54) is 20.4 Å². The maximum Gasteiger partial charge on any atom is 0.254 e. The van der Waals surface area contributed by atoms with Gasteiger partial charge in [-0.05, 0) is 48.1 Å². The van der Waals surface area contributed by atoms with Crippen LogP contribution in [0.3, 0.4) is 0 Å². The molecule has 9 heteroatoms. The molecule has 0 spiro atoms. The molecule has 0 N–H and O–H groups in total. The number of hydrogen-bond acceptors (Lipinski definition) is 8. The van der Waals surface area contributed by atoms with E-state index < -0.39 is 0 Å². The van der Waals surface area contributed by atoms with Gasteiger partial charge in [-0.25, -0.2) is 0 Å². The molecule has 0 radical (unpaired) electrons. The Labute approximate surface area is 201 Å². The van der Waals surface area contributed by atoms with E-state index in [2.05, 4.69) is 17.3 Å². The number of rotatable bonds is 7. The highest BCUT2D eigenvalue weighted by Gasteiger charge is 2.59. The molecule has 35 heavy (non-hydrogen) atoms. The first-order valence-corrected chi connectivity index (χ1v) is 11.4. The molecule has 2 bridgehead atoms. The number of methoxy groups -OCH3 is 2. The molecule has 6 rings (SSSR count). The van der Waals surface area contributed by atoms with E-state index in [0.717, 1.165) is 17.0 Å². The first-order chi connectivity index (χ1) is 17.1. The van der Waals surface area contributed by atoms with Gasteiger partial charge in [0.25, 0.3) is 11.8 Å². The maximum absolute atomic E-state index is 12.9. The topological polar surface area (TPSA) is 95.9 Å². The monoisotopic (exact) mass is 476 g/mol. The third-order valence-electron chi connectivity index (χ3n) is 7.07. The number of benzene rings is 2. The fourth-order valence-corrected chi connectivity index (χ4v) is 5.43. The van der Waals surface area contributed by atoms with Crippen molar-refractivity contribution in [2.75, 3.05) is 21.0 Å². The van der Waals surface area contributed by atoms with Crippen molar-refractivity contribution in [1.82, 2.24) is 5.01 Å². The highest BCUT2D eigenvalue weighted by molar-refractivity contribution is 6.06. The normalized spacial score (nSPS) is 25.6. The van der Waals surface area contributed by atoms with Crippen LogP contribution in [0.15, 0.2) is 47.6 Å². The summed E-state index contributed by atoms with van der Waals surface area (Å²) in [4.78, 5) is 25.7. The van der Waals surface area contributed by atoms with Crippen LogP contribution in [0.4, 0.5) is 0 Å². The smallest absolute Gasteiger partial charge is 0.254 e. The Bertz CT molecular complexity index is 1220. The van der Waals surface area contributed by atoms with Gasteiger partial charge in [0.1, 0.15) is 6.61 Å². The van der Waals surface area contributed by atoms with Crippen molar-refractivity contribution in [3.05, 3.63) is 53.6 Å². The molecule has 180 valence electrons. The van der Waals surface area contributed by atoms with Gasteiger partial charge in [-0.1, -0.05) is 18.2 Å². The van der Waals surface area contributed by atoms with Gasteiger partial charge >= 0.3 is 0 Å². The van der Waals surface area contributed by atoms with E-state index in [9.17, 15) is 9.59 Å². The van der Waals surface area contributed by atoms with Gasteiger partial charge in [0.15, 0.2) is 23.0 Å². The minimum atomic E-state index is -0.286. The highest BCUT2D eigenvalue weighted by Crippen LogP contribution is 2.52. The number of carbonyl (C=O) groups is 2. The average molecular weight is 476 g/mol. The molecule has 2 amide bonds. The second kappa shape index (κ2) is 8.33. The molecule has 4 atom stereocenters. The maximum atomic E-state index is 12.9. The van der Waals surface area contributed by atoms with Gasteiger partial charge in [0.2, 0.25) is 12.5 Å². The summed E-state index contributed by atoms with van der Waals surface area (Å²) in [6.45, 7) is 0.463. The van der Waals surface area contributed by atoms with Crippen LogP contribution < -0.4 is 23.7 Å². The molecule has 1 saturated heterocycles. The first kappa shape index (κ1) is 21.5. The lowest BCUT2D eigenvalue weighted by molar-refractivity contribution is -0.140. The number of allylic oxidation sites excluding steroid dienone is 2. The summed E-state index contributed by atoms with van der Waals surface area (Å²) in [5.74, 6) is 1.93. The number of ether oxygens (including phenoxy) is 5. The van der Waals surface area contributed by atoms with Crippen molar-refractivity contribution in [2.24, 2.45) is 28.8 Å². The first-order valence-electron chi connectivity index (χ1n) is 11.4. The van der Waals surface area contributed by atoms with Crippen molar-refractivity contribution < 1.29 is 33.3 Å². The van der Waals surface area contributed by atoms with E-state index in [-0.39, 0.29) is 48.9 Å². The minimum absolute atomic E-state index is 0.142. The van der Waals surface area contributed by atoms with Gasteiger partial charge in [-0.2, -0.15) is 10.1 Å². The summed E-state index contributed by atoms with van der Waals surface area (Å²) in [6.07, 6.45) is 6.47. The summed E-state index contributed by atoms with van der Waals surface area (Å²) in [5, 5.41) is 5.26. The average Bonchev–Trinajstić information content (AvgIpc) is 3.66. The van der Waals surface area contributed by atoms with Crippen LogP contribution in [0.25, 0.3) is 0 Å². The molecule has 4 aliphatic rings. The van der Waals surface area contributed by atoms with E-state index in [0.29, 0.717) is 34.3 Å². The summed E-state index contributed by atoms with van der Waals surface area (Å²) >= 11 is 0. The van der Waals surface area contributed by atoms with Crippen molar-refractivity contribution in [3.8, 4) is 28.7 Å². The summed E-state index contributed by atoms with van der Waals surface area (Å²) in [6, 6.07) is 9.04. The van der Waals surface area contributed by atoms with E-state index >= 15 is 0 Å². The molecular formula is C26H24N2O7. The zero-order valence-electron chi connectivity index (χ0n) is 19.3. The minimum Gasteiger partial charge on any atom is -0.493 e. The van der Waals surface area contributed by atoms with Crippen molar-refractivity contribution in [3.63, 3.8) is 0 Å². The van der Waals surface area contributed by atoms with E-state index in [4.69, 9.17) is 23.7 Å². The fourth-order valence-electron chi connectivity index (χ4n) is 5.43. The lowest BCUT2D eigenvalue weighted by atomic mass is 9.85. The summed E-state index contributed by atoms with van der Waals surface area (Å²) in [7, 11) is 3.06. The van der Waals surface area contributed by atoms with Crippen LogP contribution in [0.1, 0.15) is 17.5 Å². The Kier molecular flexibility index (Phi) is 5.12. The van der Waals surface area contributed by atoms with Crippen LogP contribution in [0.5, 0.6) is 28.7 Å². The number of amides is 2. The Morgan fingerprint density at radius 3 is 2.29 bits per heavy atom. The Balaban J connectivity index is 1.21. The molecular weight excluding hydrogens is 452 g/mol. The zero-order chi connectivity index (χ0) is 24.1. The Hall–Kier alpha value is -4.01. The molecule has 2 fully saturated rings. The quantitative estimate of drug-likeness (QED) is 0.344. The van der Waals surface area contributed by atoms with Crippen molar-refractivity contribution in [1.29, 1.82) is 0 Å². The predicted octanol–water partition coefficient (Wildman–Crippen LogP) is 3.15. The van der Waals surface area contributed by atoms with E-state index in [1.54, 1.807) is 12.1 Å². The van der Waals surface area contributed by atoms with Gasteiger partial charge in [-0.3, -0.25) is 9.59 Å². The Morgan fingerprint density at radius 2 is 1.63 bits per heavy atom. The number of hydrogen-bond donors (Lipinski definition) is 0. The molecule has 1 saturated carbocycles. The third kappa shape index (κ3) is 3.50. The molecule has 0 aromatic heterocycles. The fraction of sp³-hybridized carbons (Fsp3) is 0.346. The number of hydrazone groups is 1. The van der Waals surface area contributed by atoms with Gasteiger partial charge in [0, 0.05) is 5.56 Å². The van der Waals surface area contributed by atoms with Crippen LogP contribution in [0.2, 0.25) is 0 Å². The molecule has 9 nitrogen and oxygen atoms in total. The summed E-state index contributed by atoms with van der Waals surface area (Å²) in [5.41, 5.74) is 1.50. The molecule has 2 aliphatic heterocycles. The molecule has 2 heterocycles. The molecule has 2 aromatic carbocycles. The number of fused-ring (bicyclic) bond motifs is 6. The van der Waals surface area contributed by atoms with Crippen LogP contribution in [-0.4, -0.2) is 44.1 Å². The zero-order valence-corrected chi connectivity index (χ0v) is 19.3. The Morgan fingerprint density at radius 1 is 0.971 bits per heavy atom. The van der Waals surface area contributed by atoms with Crippen molar-refractivity contribution >= 4 is 18.0 Å². The van der Waals surface area contributed by atoms with Gasteiger partial charge < -0.3 is 23.7 Å². The third-order valence-corrected chi connectivity index (χ3v) is 7.07. The van der Waals surface area contributed by atoms with Crippen LogP contribution >= 0.6 is 0 Å². The number of nitrogens with zero attached hydrogens (tertiary/aromatic N) is 2. The van der Waals surface area contributed by atoms with Gasteiger partial charge in [-0.15, -0.1) is 0 Å². The molecule has 4 unspecified atom stereocenters. The molecule has 2 aliphatic carbocycles. The second-order valence-electron chi connectivity index (χ2n) is 8.96. The lowest BCUT2D eigenvalue weighted by Crippen LogP contribution is -2.28. The number of carbonyl (C=O) groups excluding carboxylic acids is 2. The van der Waals surface area contributed by atoms with Crippen LogP contribution in [0, 0.1) is 23.7 Å². The lowest BCUT2D eigenvalue weighted by Gasteiger charge is -2.16. The van der Waals surface area contributed by atoms with Gasteiger partial charge in [0.05, 0.1) is 32.3 Å². The highest BCUT2D eigenvalue weighted by atomic mass is 16.7. The largest absolute Gasteiger partial charge is 0.493 e. The number of imide groups is 1. The second-order valence-corrected chi connectivity index (χ2v) is 8.96. The van der Waals surface area contributed by atoms with Crippen LogP contribution in [-0.2, 0) is 16.2 Å². The van der Waals surface area contributed by atoms with E-state index in [1.807, 2.05) is 18.2 Å².